The first kappa shape index (κ1) is 14.0. The minimum Gasteiger partial charge on any atom is -0.482 e. The summed E-state index contributed by atoms with van der Waals surface area (Å²) in [7, 11) is 0. The molecule has 0 aliphatic carbocycles. The van der Waals surface area contributed by atoms with Gasteiger partial charge in [0.1, 0.15) is 22.9 Å². The quantitative estimate of drug-likeness (QED) is 0.896. The third-order valence-electron chi connectivity index (χ3n) is 3.06. The minimum atomic E-state index is -0.952. The Kier molecular flexibility index (Phi) is 3.46. The molecule has 0 saturated heterocycles. The Balaban J connectivity index is 1.86. The van der Waals surface area contributed by atoms with Gasteiger partial charge in [0.25, 0.3) is 11.8 Å². The van der Waals surface area contributed by atoms with Crippen LogP contribution < -0.4 is 15.4 Å². The SMILES string of the molecule is O=C1COc2ccc(NC(=O)c3c(F)cccc3F)cc2N1. The van der Waals surface area contributed by atoms with Crippen molar-refractivity contribution in [2.45, 2.75) is 0 Å². The first-order valence-electron chi connectivity index (χ1n) is 6.36. The standard InChI is InChI=1S/C15H10F2N2O3/c16-9-2-1-3-10(17)14(9)15(21)18-8-4-5-12-11(6-8)19-13(20)7-22-12/h1-6H,7H2,(H,18,21)(H,19,20). The molecule has 1 heterocycles. The highest BCUT2D eigenvalue weighted by atomic mass is 19.1. The van der Waals surface area contributed by atoms with Gasteiger partial charge in [0.05, 0.1) is 5.69 Å². The molecule has 0 unspecified atom stereocenters. The number of rotatable bonds is 2. The lowest BCUT2D eigenvalue weighted by atomic mass is 10.1. The number of hydrogen-bond donors (Lipinski definition) is 2. The second-order valence-corrected chi connectivity index (χ2v) is 4.60. The van der Waals surface area contributed by atoms with Gasteiger partial charge in [0.2, 0.25) is 0 Å². The van der Waals surface area contributed by atoms with E-state index in [-0.39, 0.29) is 18.2 Å². The summed E-state index contributed by atoms with van der Waals surface area (Å²) in [4.78, 5) is 23.2. The molecule has 2 N–H and O–H groups in total. The van der Waals surface area contributed by atoms with Crippen LogP contribution in [0.4, 0.5) is 20.2 Å². The molecule has 3 rings (SSSR count). The van der Waals surface area contributed by atoms with Crippen molar-refractivity contribution in [1.29, 1.82) is 0 Å². The topological polar surface area (TPSA) is 67.4 Å². The lowest BCUT2D eigenvalue weighted by Gasteiger charge is -2.18. The van der Waals surface area contributed by atoms with Crippen molar-refractivity contribution < 1.29 is 23.1 Å². The highest BCUT2D eigenvalue weighted by molar-refractivity contribution is 6.05. The van der Waals surface area contributed by atoms with Crippen LogP contribution in [-0.4, -0.2) is 18.4 Å². The molecular weight excluding hydrogens is 294 g/mol. The van der Waals surface area contributed by atoms with Crippen molar-refractivity contribution in [3.63, 3.8) is 0 Å². The molecule has 112 valence electrons. The molecule has 2 amide bonds. The van der Waals surface area contributed by atoms with E-state index in [1.807, 2.05) is 0 Å². The zero-order valence-electron chi connectivity index (χ0n) is 11.2. The normalized spacial score (nSPS) is 12.9. The second kappa shape index (κ2) is 5.44. The number of benzene rings is 2. The smallest absolute Gasteiger partial charge is 0.262 e. The molecular formula is C15H10F2N2O3. The third-order valence-corrected chi connectivity index (χ3v) is 3.06. The summed E-state index contributed by atoms with van der Waals surface area (Å²) in [6.45, 7) is -0.0842. The van der Waals surface area contributed by atoms with E-state index in [1.165, 1.54) is 18.2 Å². The van der Waals surface area contributed by atoms with Gasteiger partial charge in [-0.2, -0.15) is 0 Å². The van der Waals surface area contributed by atoms with Gasteiger partial charge in [-0.3, -0.25) is 9.59 Å². The molecule has 0 spiro atoms. The third kappa shape index (κ3) is 2.60. The second-order valence-electron chi connectivity index (χ2n) is 4.60. The van der Waals surface area contributed by atoms with Crippen LogP contribution in [0, 0.1) is 11.6 Å². The van der Waals surface area contributed by atoms with Gasteiger partial charge in [0.15, 0.2) is 6.61 Å². The first-order valence-corrected chi connectivity index (χ1v) is 6.36. The average molecular weight is 304 g/mol. The van der Waals surface area contributed by atoms with Gasteiger partial charge >= 0.3 is 0 Å². The average Bonchev–Trinajstić information content (AvgIpc) is 2.46. The lowest BCUT2D eigenvalue weighted by Crippen LogP contribution is -2.25. The largest absolute Gasteiger partial charge is 0.482 e. The Morgan fingerprint density at radius 2 is 1.91 bits per heavy atom. The van der Waals surface area contributed by atoms with E-state index < -0.39 is 23.1 Å². The lowest BCUT2D eigenvalue weighted by molar-refractivity contribution is -0.118. The van der Waals surface area contributed by atoms with E-state index in [1.54, 1.807) is 6.07 Å². The number of hydrogen-bond acceptors (Lipinski definition) is 3. The molecule has 0 aromatic heterocycles. The number of anilines is 2. The molecule has 1 aliphatic heterocycles. The Morgan fingerprint density at radius 3 is 2.64 bits per heavy atom. The van der Waals surface area contributed by atoms with Gasteiger partial charge in [-0.15, -0.1) is 0 Å². The van der Waals surface area contributed by atoms with Crippen molar-refractivity contribution in [3.8, 4) is 5.75 Å². The van der Waals surface area contributed by atoms with Crippen molar-refractivity contribution in [2.24, 2.45) is 0 Å². The van der Waals surface area contributed by atoms with Crippen LogP contribution in [0.5, 0.6) is 5.75 Å². The van der Waals surface area contributed by atoms with Crippen LogP contribution in [0.25, 0.3) is 0 Å². The maximum absolute atomic E-state index is 13.6. The number of carbonyl (C=O) groups is 2. The van der Waals surface area contributed by atoms with Crippen molar-refractivity contribution >= 4 is 23.2 Å². The summed E-state index contributed by atoms with van der Waals surface area (Å²) in [5.41, 5.74) is -0.0132. The highest BCUT2D eigenvalue weighted by Gasteiger charge is 2.19. The van der Waals surface area contributed by atoms with Gasteiger partial charge in [-0.05, 0) is 30.3 Å². The fourth-order valence-corrected chi connectivity index (χ4v) is 2.07. The number of halogens is 2. The van der Waals surface area contributed by atoms with E-state index in [4.69, 9.17) is 4.74 Å². The molecule has 0 radical (unpaired) electrons. The number of carbonyl (C=O) groups excluding carboxylic acids is 2. The van der Waals surface area contributed by atoms with Crippen LogP contribution in [-0.2, 0) is 4.79 Å². The Hall–Kier alpha value is -2.96. The molecule has 2 aromatic carbocycles. The van der Waals surface area contributed by atoms with Gasteiger partial charge in [-0.1, -0.05) is 6.07 Å². The zero-order chi connectivity index (χ0) is 15.7. The monoisotopic (exact) mass is 304 g/mol. The van der Waals surface area contributed by atoms with E-state index in [9.17, 15) is 18.4 Å². The fraction of sp³-hybridized carbons (Fsp3) is 0.0667. The summed E-state index contributed by atoms with van der Waals surface area (Å²) < 4.78 is 32.3. The van der Waals surface area contributed by atoms with Crippen LogP contribution >= 0.6 is 0 Å². The van der Waals surface area contributed by atoms with Crippen LogP contribution in [0.2, 0.25) is 0 Å². The van der Waals surface area contributed by atoms with Gasteiger partial charge < -0.3 is 15.4 Å². The minimum absolute atomic E-state index is 0.0842. The van der Waals surface area contributed by atoms with E-state index in [0.29, 0.717) is 11.4 Å². The van der Waals surface area contributed by atoms with Gasteiger partial charge in [-0.25, -0.2) is 8.78 Å². The number of amides is 2. The maximum Gasteiger partial charge on any atom is 0.262 e. The Bertz CT molecular complexity index is 757. The summed E-state index contributed by atoms with van der Waals surface area (Å²) >= 11 is 0. The molecule has 7 heteroatoms. The molecule has 0 bridgehead atoms. The molecule has 0 saturated carbocycles. The zero-order valence-corrected chi connectivity index (χ0v) is 11.2. The van der Waals surface area contributed by atoms with E-state index in [0.717, 1.165) is 12.1 Å². The highest BCUT2D eigenvalue weighted by Crippen LogP contribution is 2.30. The van der Waals surface area contributed by atoms with Crippen LogP contribution in [0.15, 0.2) is 36.4 Å². The Labute approximate surface area is 123 Å². The molecule has 1 aliphatic rings. The summed E-state index contributed by atoms with van der Waals surface area (Å²) in [6, 6.07) is 7.67. The first-order chi connectivity index (χ1) is 10.5. The molecule has 2 aromatic rings. The summed E-state index contributed by atoms with van der Waals surface area (Å²) in [6.07, 6.45) is 0. The summed E-state index contributed by atoms with van der Waals surface area (Å²) in [5.74, 6) is -2.69. The van der Waals surface area contributed by atoms with Crippen molar-refractivity contribution in [2.75, 3.05) is 17.2 Å². The number of nitrogens with one attached hydrogen (secondary N) is 2. The van der Waals surface area contributed by atoms with Crippen LogP contribution in [0.3, 0.4) is 0 Å². The molecule has 22 heavy (non-hydrogen) atoms. The Morgan fingerprint density at radius 1 is 1.18 bits per heavy atom. The predicted molar refractivity (Wildman–Crippen MR) is 74.9 cm³/mol. The van der Waals surface area contributed by atoms with E-state index >= 15 is 0 Å². The predicted octanol–water partition coefficient (Wildman–Crippen LogP) is 2.55. The number of ether oxygens (including phenoxy) is 1. The summed E-state index contributed by atoms with van der Waals surface area (Å²) in [5, 5.41) is 4.95. The number of fused-ring (bicyclic) bond motifs is 1. The van der Waals surface area contributed by atoms with Crippen molar-refractivity contribution in [1.82, 2.24) is 0 Å². The molecule has 5 nitrogen and oxygen atoms in total. The van der Waals surface area contributed by atoms with Crippen LogP contribution in [0.1, 0.15) is 10.4 Å². The van der Waals surface area contributed by atoms with E-state index in [2.05, 4.69) is 10.6 Å². The van der Waals surface area contributed by atoms with Crippen molar-refractivity contribution in [3.05, 3.63) is 53.6 Å². The van der Waals surface area contributed by atoms with Gasteiger partial charge in [0, 0.05) is 5.69 Å². The maximum atomic E-state index is 13.6. The fourth-order valence-electron chi connectivity index (χ4n) is 2.07. The molecule has 0 atom stereocenters. The molecule has 0 fully saturated rings.